The first kappa shape index (κ1) is 24.3. The van der Waals surface area contributed by atoms with E-state index >= 15 is 0 Å². The molecule has 0 saturated carbocycles. The molecular weight excluding hydrogens is 488 g/mol. The fourth-order valence-corrected chi connectivity index (χ4v) is 4.37. The molecule has 1 atom stereocenters. The standard InChI is InChI=1S/C25H21ClN4O4S/c1-34-20-13-11-18(12-14-20)27-24(33)21-15-22(31)30(29-23(32)16-5-3-2-4-6-16)25(35-21)28-19-9-7-17(26)8-10-19/h2-14,21H,15H2,1H3,(H,27,33)(H,29,32). The van der Waals surface area contributed by atoms with Crippen molar-refractivity contribution in [1.82, 2.24) is 10.4 Å². The molecule has 1 aliphatic rings. The number of halogens is 1. The first-order valence-corrected chi connectivity index (χ1v) is 11.8. The second kappa shape index (κ2) is 11.1. The average molecular weight is 509 g/mol. The third-order valence-corrected chi connectivity index (χ3v) is 6.40. The van der Waals surface area contributed by atoms with Crippen LogP contribution in [0.15, 0.2) is 83.9 Å². The number of rotatable bonds is 6. The number of benzene rings is 3. The number of ether oxygens (including phenoxy) is 1. The van der Waals surface area contributed by atoms with Crippen LogP contribution in [0.4, 0.5) is 11.4 Å². The van der Waals surface area contributed by atoms with Crippen LogP contribution in [0.1, 0.15) is 16.8 Å². The van der Waals surface area contributed by atoms with Crippen LogP contribution >= 0.6 is 23.4 Å². The molecule has 0 aliphatic carbocycles. The van der Waals surface area contributed by atoms with Gasteiger partial charge < -0.3 is 10.1 Å². The predicted octanol–water partition coefficient (Wildman–Crippen LogP) is 4.65. The van der Waals surface area contributed by atoms with Crippen LogP contribution in [0.3, 0.4) is 0 Å². The molecule has 0 bridgehead atoms. The highest BCUT2D eigenvalue weighted by Gasteiger charge is 2.37. The van der Waals surface area contributed by atoms with Gasteiger partial charge in [-0.1, -0.05) is 41.6 Å². The molecule has 1 fully saturated rings. The zero-order valence-electron chi connectivity index (χ0n) is 18.6. The minimum atomic E-state index is -0.750. The second-order valence-corrected chi connectivity index (χ2v) is 9.04. The van der Waals surface area contributed by atoms with Gasteiger partial charge in [-0.25, -0.2) is 4.99 Å². The lowest BCUT2D eigenvalue weighted by molar-refractivity contribution is -0.130. The molecule has 1 saturated heterocycles. The second-order valence-electron chi connectivity index (χ2n) is 7.44. The number of amides is 3. The number of thioether (sulfide) groups is 1. The number of aliphatic imine (C=N–C) groups is 1. The first-order chi connectivity index (χ1) is 16.9. The number of carbonyl (C=O) groups is 3. The number of hydrazine groups is 1. The maximum absolute atomic E-state index is 13.1. The number of nitrogens with one attached hydrogen (secondary N) is 2. The van der Waals surface area contributed by atoms with Crippen LogP contribution in [0, 0.1) is 0 Å². The van der Waals surface area contributed by atoms with Crippen LogP contribution < -0.4 is 15.5 Å². The highest BCUT2D eigenvalue weighted by molar-refractivity contribution is 8.15. The molecule has 35 heavy (non-hydrogen) atoms. The molecule has 4 rings (SSSR count). The Morgan fingerprint density at radius 1 is 1.03 bits per heavy atom. The Bertz CT molecular complexity index is 1250. The quantitative estimate of drug-likeness (QED) is 0.504. The molecule has 2 N–H and O–H groups in total. The van der Waals surface area contributed by atoms with Crippen molar-refractivity contribution in [3.63, 3.8) is 0 Å². The lowest BCUT2D eigenvalue weighted by Gasteiger charge is -2.31. The zero-order valence-corrected chi connectivity index (χ0v) is 20.2. The van der Waals surface area contributed by atoms with E-state index in [-0.39, 0.29) is 17.5 Å². The van der Waals surface area contributed by atoms with Crippen LogP contribution in [0.2, 0.25) is 5.02 Å². The molecule has 3 aromatic rings. The first-order valence-electron chi connectivity index (χ1n) is 10.6. The maximum atomic E-state index is 13.1. The fraction of sp³-hybridized carbons (Fsp3) is 0.120. The summed E-state index contributed by atoms with van der Waals surface area (Å²) in [6.07, 6.45) is -0.124. The van der Waals surface area contributed by atoms with E-state index in [1.807, 2.05) is 0 Å². The minimum Gasteiger partial charge on any atom is -0.497 e. The summed E-state index contributed by atoms with van der Waals surface area (Å²) in [5.41, 5.74) is 4.08. The van der Waals surface area contributed by atoms with Crippen molar-refractivity contribution in [2.75, 3.05) is 12.4 Å². The number of hydrogen-bond donors (Lipinski definition) is 2. The van der Waals surface area contributed by atoms with Gasteiger partial charge in [-0.15, -0.1) is 0 Å². The molecule has 0 radical (unpaired) electrons. The van der Waals surface area contributed by atoms with Gasteiger partial charge in [0.05, 0.1) is 19.2 Å². The summed E-state index contributed by atoms with van der Waals surface area (Å²) < 4.78 is 5.13. The highest BCUT2D eigenvalue weighted by Crippen LogP contribution is 2.30. The molecule has 0 spiro atoms. The van der Waals surface area contributed by atoms with Crippen LogP contribution in [0.5, 0.6) is 5.75 Å². The number of amidine groups is 1. The summed E-state index contributed by atoms with van der Waals surface area (Å²) in [5.74, 6) is -0.626. The smallest absolute Gasteiger partial charge is 0.270 e. The SMILES string of the molecule is COc1ccc(NC(=O)C2CC(=O)N(NC(=O)c3ccccc3)C(=Nc3ccc(Cl)cc3)S2)cc1. The fourth-order valence-electron chi connectivity index (χ4n) is 3.19. The number of nitrogens with zero attached hydrogens (tertiary/aromatic N) is 2. The molecule has 1 heterocycles. The van der Waals surface area contributed by atoms with E-state index in [4.69, 9.17) is 16.3 Å². The molecule has 10 heteroatoms. The summed E-state index contributed by atoms with van der Waals surface area (Å²) in [6, 6.07) is 22.1. The molecular formula is C25H21ClN4O4S. The van der Waals surface area contributed by atoms with Gasteiger partial charge in [0, 0.05) is 16.3 Å². The van der Waals surface area contributed by atoms with Gasteiger partial charge in [0.2, 0.25) is 11.8 Å². The van der Waals surface area contributed by atoms with E-state index in [2.05, 4.69) is 15.7 Å². The molecule has 1 aliphatic heterocycles. The van der Waals surface area contributed by atoms with Crippen molar-refractivity contribution in [2.45, 2.75) is 11.7 Å². The molecule has 178 valence electrons. The molecule has 1 unspecified atom stereocenters. The number of carbonyl (C=O) groups excluding carboxylic acids is 3. The normalized spacial score (nSPS) is 16.6. The van der Waals surface area contributed by atoms with Crippen molar-refractivity contribution in [3.8, 4) is 5.75 Å². The van der Waals surface area contributed by atoms with E-state index in [1.54, 1.807) is 86.0 Å². The summed E-state index contributed by atoms with van der Waals surface area (Å²) in [6.45, 7) is 0. The van der Waals surface area contributed by atoms with Gasteiger partial charge in [0.1, 0.15) is 11.0 Å². The molecule has 8 nitrogen and oxygen atoms in total. The van der Waals surface area contributed by atoms with Gasteiger partial charge in [-0.2, -0.15) is 5.01 Å². The van der Waals surface area contributed by atoms with Crippen LogP contribution in [-0.2, 0) is 9.59 Å². The summed E-state index contributed by atoms with van der Waals surface area (Å²) in [4.78, 5) is 43.3. The Labute approximate surface area is 211 Å². The van der Waals surface area contributed by atoms with Gasteiger partial charge in [-0.3, -0.25) is 19.8 Å². The average Bonchev–Trinajstić information content (AvgIpc) is 2.88. The van der Waals surface area contributed by atoms with Crippen molar-refractivity contribution in [3.05, 3.63) is 89.4 Å². The lowest BCUT2D eigenvalue weighted by atomic mass is 10.2. The Morgan fingerprint density at radius 3 is 2.37 bits per heavy atom. The van der Waals surface area contributed by atoms with Gasteiger partial charge >= 0.3 is 0 Å². The van der Waals surface area contributed by atoms with E-state index in [9.17, 15) is 14.4 Å². The topological polar surface area (TPSA) is 100 Å². The van der Waals surface area contributed by atoms with Gasteiger partial charge in [-0.05, 0) is 60.7 Å². The minimum absolute atomic E-state index is 0.124. The highest BCUT2D eigenvalue weighted by atomic mass is 35.5. The van der Waals surface area contributed by atoms with Crippen molar-refractivity contribution >= 4 is 57.6 Å². The third-order valence-electron chi connectivity index (χ3n) is 5.00. The largest absolute Gasteiger partial charge is 0.497 e. The van der Waals surface area contributed by atoms with Crippen LogP contribution in [0.25, 0.3) is 0 Å². The molecule has 3 aromatic carbocycles. The Morgan fingerprint density at radius 2 is 1.71 bits per heavy atom. The number of hydrogen-bond acceptors (Lipinski definition) is 6. The lowest BCUT2D eigenvalue weighted by Crippen LogP contribution is -2.53. The molecule has 0 aromatic heterocycles. The Hall–Kier alpha value is -3.82. The third kappa shape index (κ3) is 6.20. The van der Waals surface area contributed by atoms with Crippen molar-refractivity contribution < 1.29 is 19.1 Å². The van der Waals surface area contributed by atoms with Crippen molar-refractivity contribution in [1.29, 1.82) is 0 Å². The number of methoxy groups -OCH3 is 1. The number of anilines is 1. The Balaban J connectivity index is 1.57. The van der Waals surface area contributed by atoms with Crippen molar-refractivity contribution in [2.24, 2.45) is 4.99 Å². The van der Waals surface area contributed by atoms with E-state index in [0.29, 0.717) is 27.7 Å². The van der Waals surface area contributed by atoms with Gasteiger partial charge in [0.25, 0.3) is 5.91 Å². The molecule has 3 amide bonds. The summed E-state index contributed by atoms with van der Waals surface area (Å²) >= 11 is 7.05. The van der Waals surface area contributed by atoms with Crippen LogP contribution in [-0.4, -0.2) is 40.3 Å². The van der Waals surface area contributed by atoms with E-state index in [1.165, 1.54) is 0 Å². The monoisotopic (exact) mass is 508 g/mol. The van der Waals surface area contributed by atoms with E-state index in [0.717, 1.165) is 16.8 Å². The summed E-state index contributed by atoms with van der Waals surface area (Å²) in [5, 5.41) is 3.85. The predicted molar refractivity (Wildman–Crippen MR) is 137 cm³/mol. The maximum Gasteiger partial charge on any atom is 0.270 e. The zero-order chi connectivity index (χ0) is 24.8. The van der Waals surface area contributed by atoms with Gasteiger partial charge in [0.15, 0.2) is 5.17 Å². The Kier molecular flexibility index (Phi) is 7.69. The summed E-state index contributed by atoms with van der Waals surface area (Å²) in [7, 11) is 1.56. The van der Waals surface area contributed by atoms with E-state index < -0.39 is 17.1 Å².